The summed E-state index contributed by atoms with van der Waals surface area (Å²) >= 11 is 0. The van der Waals surface area contributed by atoms with E-state index >= 15 is 0 Å². The smallest absolute Gasteiger partial charge is 0.271 e. The molecule has 19 heavy (non-hydrogen) atoms. The van der Waals surface area contributed by atoms with Gasteiger partial charge in [0.05, 0.1) is 7.11 Å². The van der Waals surface area contributed by atoms with Gasteiger partial charge < -0.3 is 4.74 Å². The summed E-state index contributed by atoms with van der Waals surface area (Å²) < 4.78 is 5.11. The summed E-state index contributed by atoms with van der Waals surface area (Å²) in [7, 11) is 1.59. The van der Waals surface area contributed by atoms with E-state index in [1.807, 2.05) is 6.07 Å². The van der Waals surface area contributed by atoms with Crippen LogP contribution in [0, 0.1) is 11.8 Å². The predicted molar refractivity (Wildman–Crippen MR) is 73.3 cm³/mol. The molecule has 2 aliphatic carbocycles. The Morgan fingerprint density at radius 2 is 2.32 bits per heavy atom. The molecule has 1 amide bonds. The van der Waals surface area contributed by atoms with Crippen LogP contribution in [0.3, 0.4) is 0 Å². The number of hydrogen-bond acceptors (Lipinski definition) is 3. The van der Waals surface area contributed by atoms with E-state index in [0.29, 0.717) is 17.2 Å². The Bertz CT molecular complexity index is 525. The zero-order valence-electron chi connectivity index (χ0n) is 11.1. The highest BCUT2D eigenvalue weighted by Gasteiger charge is 2.36. The molecule has 0 unspecified atom stereocenters. The summed E-state index contributed by atoms with van der Waals surface area (Å²) in [6.45, 7) is 0. The summed E-state index contributed by atoms with van der Waals surface area (Å²) in [5, 5.41) is 4.31. The van der Waals surface area contributed by atoms with Crippen LogP contribution in [0.4, 0.5) is 0 Å². The molecule has 1 N–H and O–H groups in total. The van der Waals surface area contributed by atoms with Gasteiger partial charge in [-0.2, -0.15) is 5.10 Å². The molecule has 4 nitrogen and oxygen atoms in total. The lowest BCUT2D eigenvalue weighted by Crippen LogP contribution is -2.21. The lowest BCUT2D eigenvalue weighted by atomic mass is 9.99. The van der Waals surface area contributed by atoms with Gasteiger partial charge in [-0.15, -0.1) is 0 Å². The van der Waals surface area contributed by atoms with Gasteiger partial charge in [0.2, 0.25) is 0 Å². The standard InChI is InChI=1S/C15H18N2O2/c1-19-13-4-2-3-12(9-13)15(18)17-16-14-8-10-5-6-11(14)7-10/h2-4,9-11H,5-8H2,1H3,(H,17,18)/t10-,11-/m0/s1. The molecular weight excluding hydrogens is 240 g/mol. The van der Waals surface area contributed by atoms with Gasteiger partial charge >= 0.3 is 0 Å². The van der Waals surface area contributed by atoms with Gasteiger partial charge in [-0.25, -0.2) is 5.43 Å². The second kappa shape index (κ2) is 5.03. The minimum atomic E-state index is -0.172. The maximum atomic E-state index is 12.0. The van der Waals surface area contributed by atoms with E-state index in [4.69, 9.17) is 4.74 Å². The van der Waals surface area contributed by atoms with Crippen molar-refractivity contribution in [2.75, 3.05) is 7.11 Å². The fourth-order valence-corrected chi connectivity index (χ4v) is 3.11. The molecule has 2 fully saturated rings. The number of fused-ring (bicyclic) bond motifs is 2. The largest absolute Gasteiger partial charge is 0.497 e. The summed E-state index contributed by atoms with van der Waals surface area (Å²) in [6.07, 6.45) is 4.88. The van der Waals surface area contributed by atoms with Crippen LogP contribution in [0.1, 0.15) is 36.0 Å². The molecule has 2 atom stereocenters. The lowest BCUT2D eigenvalue weighted by Gasteiger charge is -2.11. The summed E-state index contributed by atoms with van der Waals surface area (Å²) in [5.41, 5.74) is 4.42. The minimum Gasteiger partial charge on any atom is -0.497 e. The van der Waals surface area contributed by atoms with Crippen molar-refractivity contribution in [1.29, 1.82) is 0 Å². The number of hydrazone groups is 1. The van der Waals surface area contributed by atoms with Gasteiger partial charge in [0.15, 0.2) is 0 Å². The number of ether oxygens (including phenoxy) is 1. The van der Waals surface area contributed by atoms with Crippen LogP contribution >= 0.6 is 0 Å². The van der Waals surface area contributed by atoms with E-state index in [1.54, 1.807) is 25.3 Å². The number of carbonyl (C=O) groups excluding carboxylic acids is 1. The maximum Gasteiger partial charge on any atom is 0.271 e. The Hall–Kier alpha value is -1.84. The van der Waals surface area contributed by atoms with Crippen LogP contribution in [-0.4, -0.2) is 18.7 Å². The number of carbonyl (C=O) groups is 1. The molecule has 2 aliphatic rings. The quantitative estimate of drug-likeness (QED) is 0.847. The topological polar surface area (TPSA) is 50.7 Å². The number of nitrogens with zero attached hydrogens (tertiary/aromatic N) is 1. The van der Waals surface area contributed by atoms with Gasteiger partial charge in [0.1, 0.15) is 5.75 Å². The maximum absolute atomic E-state index is 12.0. The second-order valence-corrected chi connectivity index (χ2v) is 5.36. The SMILES string of the molecule is COc1cccc(C(=O)NN=C2C[C@H]3CC[C@H]2C3)c1. The number of hydrogen-bond donors (Lipinski definition) is 1. The molecule has 2 bridgehead atoms. The van der Waals surface area contributed by atoms with E-state index in [2.05, 4.69) is 10.5 Å². The molecule has 2 saturated carbocycles. The van der Waals surface area contributed by atoms with E-state index in [9.17, 15) is 4.79 Å². The van der Waals surface area contributed by atoms with Crippen LogP contribution in [-0.2, 0) is 0 Å². The van der Waals surface area contributed by atoms with E-state index < -0.39 is 0 Å². The van der Waals surface area contributed by atoms with Gasteiger partial charge in [0, 0.05) is 11.3 Å². The second-order valence-electron chi connectivity index (χ2n) is 5.36. The zero-order chi connectivity index (χ0) is 13.2. The predicted octanol–water partition coefficient (Wildman–Crippen LogP) is 2.60. The summed E-state index contributed by atoms with van der Waals surface area (Å²) in [5.74, 6) is 1.92. The number of methoxy groups -OCH3 is 1. The molecule has 0 saturated heterocycles. The summed E-state index contributed by atoms with van der Waals surface area (Å²) in [6, 6.07) is 7.10. The first kappa shape index (κ1) is 12.2. The van der Waals surface area contributed by atoms with Crippen LogP contribution in [0.2, 0.25) is 0 Å². The highest BCUT2D eigenvalue weighted by molar-refractivity contribution is 5.96. The van der Waals surface area contributed by atoms with Crippen molar-refractivity contribution in [2.45, 2.75) is 25.7 Å². The Morgan fingerprint density at radius 1 is 1.42 bits per heavy atom. The molecule has 4 heteroatoms. The first-order valence-electron chi connectivity index (χ1n) is 6.77. The molecule has 0 spiro atoms. The third-order valence-corrected chi connectivity index (χ3v) is 4.14. The number of benzene rings is 1. The lowest BCUT2D eigenvalue weighted by molar-refractivity contribution is 0.0954. The van der Waals surface area contributed by atoms with Gasteiger partial charge in [-0.05, 0) is 55.7 Å². The number of rotatable bonds is 3. The first-order chi connectivity index (χ1) is 9.26. The van der Waals surface area contributed by atoms with E-state index in [-0.39, 0.29) is 5.91 Å². The average molecular weight is 258 g/mol. The Balaban J connectivity index is 1.66. The highest BCUT2D eigenvalue weighted by Crippen LogP contribution is 2.42. The Labute approximate surface area is 112 Å². The van der Waals surface area contributed by atoms with Crippen molar-refractivity contribution in [1.82, 2.24) is 5.43 Å². The normalized spacial score (nSPS) is 26.7. The number of amides is 1. The van der Waals surface area contributed by atoms with Crippen molar-refractivity contribution in [3.05, 3.63) is 29.8 Å². The fraction of sp³-hybridized carbons (Fsp3) is 0.467. The van der Waals surface area contributed by atoms with Crippen molar-refractivity contribution in [3.8, 4) is 5.75 Å². The molecule has 0 aromatic heterocycles. The van der Waals surface area contributed by atoms with Crippen LogP contribution < -0.4 is 10.2 Å². The molecule has 1 aromatic rings. The summed E-state index contributed by atoms with van der Waals surface area (Å²) in [4.78, 5) is 12.0. The minimum absolute atomic E-state index is 0.172. The van der Waals surface area contributed by atoms with Crippen molar-refractivity contribution in [3.63, 3.8) is 0 Å². The Morgan fingerprint density at radius 3 is 3.00 bits per heavy atom. The van der Waals surface area contributed by atoms with Crippen LogP contribution in [0.25, 0.3) is 0 Å². The third kappa shape index (κ3) is 2.48. The zero-order valence-corrected chi connectivity index (χ0v) is 11.1. The fourth-order valence-electron chi connectivity index (χ4n) is 3.11. The number of nitrogens with one attached hydrogen (secondary N) is 1. The first-order valence-corrected chi connectivity index (χ1v) is 6.77. The molecule has 0 heterocycles. The Kier molecular flexibility index (Phi) is 3.23. The molecule has 0 aliphatic heterocycles. The monoisotopic (exact) mass is 258 g/mol. The highest BCUT2D eigenvalue weighted by atomic mass is 16.5. The molecule has 1 aromatic carbocycles. The molecule has 100 valence electrons. The van der Waals surface area contributed by atoms with Crippen LogP contribution in [0.5, 0.6) is 5.75 Å². The van der Waals surface area contributed by atoms with Gasteiger partial charge in [-0.3, -0.25) is 4.79 Å². The van der Waals surface area contributed by atoms with Crippen molar-refractivity contribution < 1.29 is 9.53 Å². The van der Waals surface area contributed by atoms with Crippen molar-refractivity contribution >= 4 is 11.6 Å². The van der Waals surface area contributed by atoms with Gasteiger partial charge in [0.25, 0.3) is 5.91 Å². The van der Waals surface area contributed by atoms with E-state index in [1.165, 1.54) is 25.0 Å². The molecular formula is C15H18N2O2. The average Bonchev–Trinajstić information content (AvgIpc) is 3.07. The van der Waals surface area contributed by atoms with Crippen molar-refractivity contribution in [2.24, 2.45) is 16.9 Å². The van der Waals surface area contributed by atoms with Crippen LogP contribution in [0.15, 0.2) is 29.4 Å². The third-order valence-electron chi connectivity index (χ3n) is 4.14. The van der Waals surface area contributed by atoms with E-state index in [0.717, 1.165) is 12.3 Å². The molecule has 3 rings (SSSR count). The van der Waals surface area contributed by atoms with Gasteiger partial charge in [-0.1, -0.05) is 6.07 Å². The molecule has 0 radical (unpaired) electrons.